The van der Waals surface area contributed by atoms with Gasteiger partial charge in [0.1, 0.15) is 11.6 Å². The summed E-state index contributed by atoms with van der Waals surface area (Å²) in [4.78, 5) is 29.1. The number of nitrogens with zero attached hydrogens (tertiary/aromatic N) is 5. The molecule has 3 heterocycles. The van der Waals surface area contributed by atoms with Gasteiger partial charge in [-0.25, -0.2) is 9.37 Å². The lowest BCUT2D eigenvalue weighted by molar-refractivity contribution is 0.0731. The third kappa shape index (κ3) is 4.59. The Balaban J connectivity index is 1.39. The van der Waals surface area contributed by atoms with Crippen molar-refractivity contribution < 1.29 is 9.18 Å². The summed E-state index contributed by atoms with van der Waals surface area (Å²) in [7, 11) is 0. The molecule has 5 rings (SSSR count). The van der Waals surface area contributed by atoms with Crippen LogP contribution in [0.5, 0.6) is 0 Å². The molecule has 0 bridgehead atoms. The summed E-state index contributed by atoms with van der Waals surface area (Å²) < 4.78 is 15.6. The fourth-order valence-corrected chi connectivity index (χ4v) is 4.62. The monoisotopic (exact) mass is 455 g/mol. The van der Waals surface area contributed by atoms with Crippen molar-refractivity contribution >= 4 is 5.91 Å². The van der Waals surface area contributed by atoms with Gasteiger partial charge in [0.2, 0.25) is 0 Å². The quantitative estimate of drug-likeness (QED) is 0.421. The van der Waals surface area contributed by atoms with E-state index in [-0.39, 0.29) is 17.8 Å². The zero-order valence-electron chi connectivity index (χ0n) is 19.1. The van der Waals surface area contributed by atoms with Gasteiger partial charge in [0.15, 0.2) is 0 Å². The summed E-state index contributed by atoms with van der Waals surface area (Å²) >= 11 is 0. The van der Waals surface area contributed by atoms with Gasteiger partial charge in [0.25, 0.3) is 5.91 Å². The van der Waals surface area contributed by atoms with Crippen LogP contribution in [0.15, 0.2) is 73.3 Å². The van der Waals surface area contributed by atoms with Gasteiger partial charge < -0.3 is 9.47 Å². The molecule has 2 aromatic heterocycles. The minimum atomic E-state index is -0.265. The fraction of sp³-hybridized carbons (Fsp3) is 0.259. The Bertz CT molecular complexity index is 1320. The molecule has 172 valence electrons. The molecule has 0 spiro atoms. The highest BCUT2D eigenvalue weighted by atomic mass is 19.1. The fourth-order valence-electron chi connectivity index (χ4n) is 4.62. The van der Waals surface area contributed by atoms with Crippen LogP contribution in [-0.2, 0) is 13.0 Å². The van der Waals surface area contributed by atoms with Crippen molar-refractivity contribution in [1.82, 2.24) is 24.4 Å². The first-order valence-corrected chi connectivity index (χ1v) is 11.5. The van der Waals surface area contributed by atoms with Gasteiger partial charge in [0, 0.05) is 43.7 Å². The molecule has 0 aliphatic carbocycles. The van der Waals surface area contributed by atoms with Crippen LogP contribution < -0.4 is 0 Å². The molecular formula is C27H26FN5O. The van der Waals surface area contributed by atoms with Gasteiger partial charge in [-0.15, -0.1) is 0 Å². The first-order chi connectivity index (χ1) is 16.6. The lowest BCUT2D eigenvalue weighted by Crippen LogP contribution is -2.32. The molecule has 6 nitrogen and oxygen atoms in total. The van der Waals surface area contributed by atoms with Crippen molar-refractivity contribution in [2.75, 3.05) is 6.54 Å². The van der Waals surface area contributed by atoms with E-state index in [0.29, 0.717) is 25.1 Å². The molecule has 4 aromatic rings. The third-order valence-corrected chi connectivity index (χ3v) is 6.34. The molecule has 34 heavy (non-hydrogen) atoms. The summed E-state index contributed by atoms with van der Waals surface area (Å²) in [5, 5.41) is 0. The second-order valence-electron chi connectivity index (χ2n) is 8.66. The first-order valence-electron chi connectivity index (χ1n) is 11.5. The molecule has 1 unspecified atom stereocenters. The number of halogens is 1. The minimum Gasteiger partial charge on any atom is -0.331 e. The van der Waals surface area contributed by atoms with Gasteiger partial charge >= 0.3 is 0 Å². The third-order valence-electron chi connectivity index (χ3n) is 6.34. The second kappa shape index (κ2) is 9.55. The summed E-state index contributed by atoms with van der Waals surface area (Å²) in [5.41, 5.74) is 4.05. The number of hydrogen-bond donors (Lipinski definition) is 0. The zero-order chi connectivity index (χ0) is 23.5. The second-order valence-corrected chi connectivity index (χ2v) is 8.66. The smallest absolute Gasteiger partial charge is 0.254 e. The van der Waals surface area contributed by atoms with Crippen LogP contribution in [0.25, 0.3) is 0 Å². The molecule has 1 amide bonds. The molecule has 7 heteroatoms. The van der Waals surface area contributed by atoms with Crippen molar-refractivity contribution in [1.29, 1.82) is 0 Å². The van der Waals surface area contributed by atoms with E-state index in [1.807, 2.05) is 52.9 Å². The number of carbonyl (C=O) groups is 1. The van der Waals surface area contributed by atoms with Gasteiger partial charge in [-0.1, -0.05) is 30.3 Å². The van der Waals surface area contributed by atoms with Gasteiger partial charge in [-0.05, 0) is 49.1 Å². The van der Waals surface area contributed by atoms with Crippen molar-refractivity contribution in [2.24, 2.45) is 0 Å². The van der Waals surface area contributed by atoms with Crippen LogP contribution in [-0.4, -0.2) is 36.9 Å². The largest absolute Gasteiger partial charge is 0.331 e. The summed E-state index contributed by atoms with van der Waals surface area (Å²) in [6.45, 7) is 3.23. The predicted octanol–water partition coefficient (Wildman–Crippen LogP) is 4.74. The van der Waals surface area contributed by atoms with Crippen LogP contribution in [0.4, 0.5) is 4.39 Å². The molecule has 1 saturated heterocycles. The minimum absolute atomic E-state index is 0.00759. The maximum atomic E-state index is 13.7. The average molecular weight is 456 g/mol. The van der Waals surface area contributed by atoms with Gasteiger partial charge in [-0.2, -0.15) is 0 Å². The molecule has 2 aromatic carbocycles. The summed E-state index contributed by atoms with van der Waals surface area (Å²) in [6.07, 6.45) is 9.39. The number of likely N-dealkylation sites (tertiary alicyclic amines) is 1. The van der Waals surface area contributed by atoms with E-state index >= 15 is 0 Å². The topological polar surface area (TPSA) is 63.9 Å². The number of aromatic nitrogens is 4. The molecule has 0 saturated carbocycles. The molecule has 0 radical (unpaired) electrons. The van der Waals surface area contributed by atoms with E-state index in [1.165, 1.54) is 12.1 Å². The Morgan fingerprint density at radius 1 is 1.15 bits per heavy atom. The number of rotatable bonds is 6. The molecular weight excluding hydrogens is 429 g/mol. The van der Waals surface area contributed by atoms with Gasteiger partial charge in [0.05, 0.1) is 23.6 Å². The molecule has 1 aliphatic heterocycles. The van der Waals surface area contributed by atoms with Crippen molar-refractivity contribution in [3.05, 3.63) is 113 Å². The summed E-state index contributed by atoms with van der Waals surface area (Å²) in [5.74, 6) is 0.652. The van der Waals surface area contributed by atoms with E-state index in [9.17, 15) is 9.18 Å². The Hall–Kier alpha value is -3.87. The number of hydrogen-bond acceptors (Lipinski definition) is 4. The Morgan fingerprint density at radius 3 is 2.85 bits per heavy atom. The normalized spacial score (nSPS) is 15.6. The number of aryl methyl sites for hydroxylation is 1. The van der Waals surface area contributed by atoms with E-state index in [4.69, 9.17) is 4.98 Å². The maximum Gasteiger partial charge on any atom is 0.254 e. The highest BCUT2D eigenvalue weighted by Crippen LogP contribution is 2.32. The SMILES string of the molecule is Cc1nccn1Cc1ccccc1C(=O)N1CCCC1c1cncc(Cc2cccc(F)c2)n1. The standard InChI is InChI=1S/C27H26FN5O/c1-19-30-11-13-32(19)18-21-7-2-3-9-24(21)27(34)33-12-5-10-26(33)25-17-29-16-23(31-25)15-20-6-4-8-22(28)14-20/h2-4,6-9,11,13-14,16-17,26H,5,10,12,15,18H2,1H3. The van der Waals surface area contributed by atoms with Crippen LogP contribution in [0, 0.1) is 12.7 Å². The van der Waals surface area contributed by atoms with Gasteiger partial charge in [-0.3, -0.25) is 14.8 Å². The van der Waals surface area contributed by atoms with Crippen molar-refractivity contribution in [3.8, 4) is 0 Å². The molecule has 1 fully saturated rings. The lowest BCUT2D eigenvalue weighted by atomic mass is 10.0. The number of imidazole rings is 1. The first kappa shape index (κ1) is 21.9. The maximum absolute atomic E-state index is 13.7. The van der Waals surface area contributed by atoms with Crippen LogP contribution in [0.3, 0.4) is 0 Å². The Kier molecular flexibility index (Phi) is 6.16. The Morgan fingerprint density at radius 2 is 2.03 bits per heavy atom. The predicted molar refractivity (Wildman–Crippen MR) is 127 cm³/mol. The van der Waals surface area contributed by atoms with E-state index < -0.39 is 0 Å². The van der Waals surface area contributed by atoms with Crippen molar-refractivity contribution in [2.45, 2.75) is 38.8 Å². The molecule has 0 N–H and O–H groups in total. The average Bonchev–Trinajstić information content (AvgIpc) is 3.49. The van der Waals surface area contributed by atoms with Crippen molar-refractivity contribution in [3.63, 3.8) is 0 Å². The number of benzene rings is 2. The molecule has 1 aliphatic rings. The Labute approximate surface area is 198 Å². The van der Waals surface area contributed by atoms with E-state index in [0.717, 1.165) is 41.2 Å². The number of carbonyl (C=O) groups excluding carboxylic acids is 1. The zero-order valence-corrected chi connectivity index (χ0v) is 19.1. The highest BCUT2D eigenvalue weighted by molar-refractivity contribution is 5.96. The molecule has 1 atom stereocenters. The highest BCUT2D eigenvalue weighted by Gasteiger charge is 2.32. The summed E-state index contributed by atoms with van der Waals surface area (Å²) in [6, 6.07) is 14.1. The van der Waals surface area contributed by atoms with E-state index in [2.05, 4.69) is 9.97 Å². The van der Waals surface area contributed by atoms with Crippen LogP contribution in [0.1, 0.15) is 57.6 Å². The lowest BCUT2D eigenvalue weighted by Gasteiger charge is -2.25. The van der Waals surface area contributed by atoms with Crippen LogP contribution in [0.2, 0.25) is 0 Å². The van der Waals surface area contributed by atoms with Crippen LogP contribution >= 0.6 is 0 Å². The van der Waals surface area contributed by atoms with E-state index in [1.54, 1.807) is 24.7 Å². The number of amides is 1.